The summed E-state index contributed by atoms with van der Waals surface area (Å²) in [5, 5.41) is 13.9. The molecule has 10 atom stereocenters. The fourth-order valence-electron chi connectivity index (χ4n) is 14.2. The number of allylic oxidation sites excluding steroid dienone is 5. The normalized spacial score (nSPS) is 46.4. The van der Waals surface area contributed by atoms with Gasteiger partial charge in [-0.2, -0.15) is 0 Å². The van der Waals surface area contributed by atoms with Crippen molar-refractivity contribution in [3.8, 4) is 0 Å². The molecular weight excluding hydrogens is 617 g/mol. The molecule has 6 aliphatic carbocycles. The molecule has 0 aromatic heterocycles. The largest absolute Gasteiger partial charge is 0.481 e. The van der Waals surface area contributed by atoms with Gasteiger partial charge in [-0.1, -0.05) is 58.9 Å². The van der Waals surface area contributed by atoms with Crippen LogP contribution in [0.15, 0.2) is 35.5 Å². The van der Waals surface area contributed by atoms with Gasteiger partial charge in [-0.3, -0.25) is 4.79 Å². The van der Waals surface area contributed by atoms with Crippen LogP contribution in [0.3, 0.4) is 0 Å². The fraction of sp³-hybridized carbons (Fsp3) is 0.829. The molecule has 1 saturated heterocycles. The minimum Gasteiger partial charge on any atom is -0.481 e. The summed E-state index contributed by atoms with van der Waals surface area (Å²) in [6.45, 7) is 23.1. The van der Waals surface area contributed by atoms with Gasteiger partial charge in [0.2, 0.25) is 0 Å². The highest BCUT2D eigenvalue weighted by molar-refractivity contribution is 7.91. The molecule has 0 aromatic carbocycles. The van der Waals surface area contributed by atoms with E-state index >= 15 is 0 Å². The Kier molecular flexibility index (Phi) is 8.60. The predicted molar refractivity (Wildman–Crippen MR) is 194 cm³/mol. The number of carboxylic acids is 1. The van der Waals surface area contributed by atoms with Crippen LogP contribution in [0, 0.1) is 57.2 Å². The molecule has 5 fully saturated rings. The Hall–Kier alpha value is -1.44. The van der Waals surface area contributed by atoms with Crippen molar-refractivity contribution >= 4 is 15.8 Å². The lowest BCUT2D eigenvalue weighted by atomic mass is 9.33. The van der Waals surface area contributed by atoms with Gasteiger partial charge in [-0.25, -0.2) is 8.42 Å². The number of hydrogen-bond donors (Lipinski definition) is 2. The molecule has 0 amide bonds. The maximum atomic E-state index is 12.0. The maximum Gasteiger partial charge on any atom is 0.307 e. The Morgan fingerprint density at radius 2 is 1.69 bits per heavy atom. The van der Waals surface area contributed by atoms with E-state index in [1.807, 2.05) is 0 Å². The quantitative estimate of drug-likeness (QED) is 0.269. The molecule has 7 aliphatic rings. The number of sulfone groups is 1. The fourth-order valence-corrected chi connectivity index (χ4v) is 15.4. The first kappa shape index (κ1) is 35.0. The van der Waals surface area contributed by atoms with E-state index in [4.69, 9.17) is 0 Å². The summed E-state index contributed by atoms with van der Waals surface area (Å²) in [5.74, 6) is 2.86. The Morgan fingerprint density at radius 1 is 0.958 bits per heavy atom. The van der Waals surface area contributed by atoms with Gasteiger partial charge in [0.1, 0.15) is 0 Å². The molecule has 48 heavy (non-hydrogen) atoms. The lowest BCUT2D eigenvalue weighted by molar-refractivity contribution is -0.221. The first-order valence-corrected chi connectivity index (χ1v) is 21.3. The van der Waals surface area contributed by atoms with Gasteiger partial charge in [-0.15, -0.1) is 0 Å². The van der Waals surface area contributed by atoms with E-state index in [-0.39, 0.29) is 33.1 Å². The lowest BCUT2D eigenvalue weighted by Gasteiger charge is -2.72. The summed E-state index contributed by atoms with van der Waals surface area (Å²) in [6, 6.07) is 0. The van der Waals surface area contributed by atoms with Gasteiger partial charge in [0, 0.05) is 31.7 Å². The molecule has 0 bridgehead atoms. The van der Waals surface area contributed by atoms with E-state index in [1.165, 1.54) is 68.1 Å². The summed E-state index contributed by atoms with van der Waals surface area (Å²) in [4.78, 5) is 14.2. The second-order valence-corrected chi connectivity index (χ2v) is 21.3. The van der Waals surface area contributed by atoms with Crippen LogP contribution in [-0.2, 0) is 14.6 Å². The standard InChI is InChI=1S/C41H64N2O4S/c1-27(2)30-12-17-41(42-20-21-43-22-24-48(46,47)25-23-43)19-18-39(6)32(35(30)41)10-11-34-38(5)15-13-31(28-8-9-29(26-28)36(44)45)37(3,4)33(38)14-16-40(34,39)7/h8,13,29-30,32-35,42H,1,9-12,14-26H2,2-7H3,(H,44,45)/t29?,30-,32+,33-,34+,35+,38-,39+,40+,41?/m0/s1. The predicted octanol–water partition coefficient (Wildman–Crippen LogP) is 7.67. The van der Waals surface area contributed by atoms with E-state index in [0.717, 1.165) is 19.5 Å². The van der Waals surface area contributed by atoms with Gasteiger partial charge in [0.05, 0.1) is 17.4 Å². The number of carbonyl (C=O) groups is 1. The van der Waals surface area contributed by atoms with E-state index in [1.54, 1.807) is 0 Å². The minimum atomic E-state index is -2.86. The van der Waals surface area contributed by atoms with Crippen LogP contribution in [-0.4, -0.2) is 67.6 Å². The molecule has 1 heterocycles. The maximum absolute atomic E-state index is 12.0. The van der Waals surface area contributed by atoms with Crippen molar-refractivity contribution in [2.75, 3.05) is 37.7 Å². The van der Waals surface area contributed by atoms with Gasteiger partial charge in [-0.05, 0) is 140 Å². The molecule has 268 valence electrons. The summed E-state index contributed by atoms with van der Waals surface area (Å²) < 4.78 is 24.0. The van der Waals surface area contributed by atoms with Crippen LogP contribution in [0.1, 0.15) is 112 Å². The zero-order chi connectivity index (χ0) is 34.5. The molecular formula is C41H64N2O4S. The number of rotatable bonds is 7. The smallest absolute Gasteiger partial charge is 0.307 e. The van der Waals surface area contributed by atoms with Crippen molar-refractivity contribution in [1.82, 2.24) is 10.2 Å². The monoisotopic (exact) mass is 680 g/mol. The molecule has 1 aliphatic heterocycles. The SMILES string of the molecule is C=C(C)[C@@H]1CCC2(NCCN3CCS(=O)(=O)CC3)CC[C@]3(C)[C@H](CC[C@@H]4[C@@]5(C)CC=C(C6=CCC(C(=O)O)C6)C(C)(C)[C@@H]5CC[C@]43C)[C@@H]12. The highest BCUT2D eigenvalue weighted by Gasteiger charge is 2.70. The van der Waals surface area contributed by atoms with E-state index < -0.39 is 15.8 Å². The van der Waals surface area contributed by atoms with Gasteiger partial charge < -0.3 is 15.3 Å². The topological polar surface area (TPSA) is 86.7 Å². The molecule has 0 aromatic rings. The van der Waals surface area contributed by atoms with Crippen molar-refractivity contribution in [1.29, 1.82) is 0 Å². The van der Waals surface area contributed by atoms with E-state index in [2.05, 4.69) is 70.5 Å². The van der Waals surface area contributed by atoms with Crippen molar-refractivity contribution in [2.24, 2.45) is 57.2 Å². The summed E-state index contributed by atoms with van der Waals surface area (Å²) in [5.41, 5.74) is 5.17. The average molecular weight is 681 g/mol. The highest BCUT2D eigenvalue weighted by atomic mass is 32.2. The van der Waals surface area contributed by atoms with Crippen molar-refractivity contribution < 1.29 is 18.3 Å². The third-order valence-electron chi connectivity index (χ3n) is 16.8. The molecule has 6 nitrogen and oxygen atoms in total. The van der Waals surface area contributed by atoms with E-state index in [9.17, 15) is 18.3 Å². The van der Waals surface area contributed by atoms with Crippen LogP contribution in [0.25, 0.3) is 0 Å². The van der Waals surface area contributed by atoms with Gasteiger partial charge >= 0.3 is 5.97 Å². The molecule has 2 unspecified atom stereocenters. The number of hydrogen-bond acceptors (Lipinski definition) is 5. The zero-order valence-electron chi connectivity index (χ0n) is 30.9. The molecule has 7 heteroatoms. The first-order chi connectivity index (χ1) is 22.5. The van der Waals surface area contributed by atoms with Crippen molar-refractivity contribution in [3.05, 3.63) is 35.5 Å². The van der Waals surface area contributed by atoms with Crippen LogP contribution >= 0.6 is 0 Å². The van der Waals surface area contributed by atoms with Crippen LogP contribution in [0.2, 0.25) is 0 Å². The number of carboxylic acid groups (broad SMARTS) is 1. The number of nitrogens with zero attached hydrogens (tertiary/aromatic N) is 1. The zero-order valence-corrected chi connectivity index (χ0v) is 31.7. The molecule has 0 spiro atoms. The van der Waals surface area contributed by atoms with Gasteiger partial charge in [0.15, 0.2) is 9.84 Å². The number of nitrogens with one attached hydrogen (secondary N) is 1. The van der Waals surface area contributed by atoms with Crippen molar-refractivity contribution in [3.63, 3.8) is 0 Å². The van der Waals surface area contributed by atoms with Crippen molar-refractivity contribution in [2.45, 2.75) is 118 Å². The van der Waals surface area contributed by atoms with Crippen LogP contribution < -0.4 is 5.32 Å². The molecule has 2 N–H and O–H groups in total. The second kappa shape index (κ2) is 11.8. The second-order valence-electron chi connectivity index (χ2n) is 19.0. The number of fused-ring (bicyclic) bond motifs is 7. The first-order valence-electron chi connectivity index (χ1n) is 19.4. The van der Waals surface area contributed by atoms with Gasteiger partial charge in [0.25, 0.3) is 0 Å². The summed E-state index contributed by atoms with van der Waals surface area (Å²) in [6.07, 6.45) is 17.5. The third kappa shape index (κ3) is 5.20. The summed E-state index contributed by atoms with van der Waals surface area (Å²) in [7, 11) is -2.86. The third-order valence-corrected chi connectivity index (χ3v) is 18.4. The highest BCUT2D eigenvalue weighted by Crippen LogP contribution is 2.76. The van der Waals surface area contributed by atoms with Crippen LogP contribution in [0.4, 0.5) is 0 Å². The molecule has 4 saturated carbocycles. The Bertz CT molecular complexity index is 1500. The van der Waals surface area contributed by atoms with Crippen LogP contribution in [0.5, 0.6) is 0 Å². The lowest BCUT2D eigenvalue weighted by Crippen LogP contribution is -2.68. The average Bonchev–Trinajstić information content (AvgIpc) is 3.64. The number of aliphatic carboxylic acids is 1. The Labute approximate surface area is 291 Å². The minimum absolute atomic E-state index is 0.0476. The summed E-state index contributed by atoms with van der Waals surface area (Å²) >= 11 is 0. The molecule has 0 radical (unpaired) electrons. The Balaban J connectivity index is 1.13. The van der Waals surface area contributed by atoms with E-state index in [0.29, 0.717) is 67.0 Å². The Morgan fingerprint density at radius 3 is 2.35 bits per heavy atom. The molecule has 7 rings (SSSR count).